The number of rotatable bonds is 8. The lowest BCUT2D eigenvalue weighted by molar-refractivity contribution is -0.134. The lowest BCUT2D eigenvalue weighted by atomic mass is 10.1. The van der Waals surface area contributed by atoms with Gasteiger partial charge < -0.3 is 14.2 Å². The summed E-state index contributed by atoms with van der Waals surface area (Å²) in [5.41, 5.74) is 2.97. The maximum atomic E-state index is 12.5. The lowest BCUT2D eigenvalue weighted by Crippen LogP contribution is -2.44. The molecule has 2 aromatic rings. The van der Waals surface area contributed by atoms with Crippen LogP contribution in [0.1, 0.15) is 31.9 Å². The van der Waals surface area contributed by atoms with Gasteiger partial charge in [0, 0.05) is 5.02 Å². The van der Waals surface area contributed by atoms with E-state index in [9.17, 15) is 4.79 Å². The summed E-state index contributed by atoms with van der Waals surface area (Å²) in [5, 5.41) is 4.67. The number of hydrogen-bond acceptors (Lipinski definition) is 5. The maximum Gasteiger partial charge on any atom is 0.283 e. The van der Waals surface area contributed by atoms with E-state index < -0.39 is 11.5 Å². The first-order valence-corrected chi connectivity index (χ1v) is 10.1. The van der Waals surface area contributed by atoms with Crippen molar-refractivity contribution in [3.63, 3.8) is 0 Å². The highest BCUT2D eigenvalue weighted by Crippen LogP contribution is 2.36. The fourth-order valence-corrected chi connectivity index (χ4v) is 3.11. The average Bonchev–Trinajstić information content (AvgIpc) is 2.66. The van der Waals surface area contributed by atoms with Crippen molar-refractivity contribution in [3.05, 3.63) is 51.0 Å². The van der Waals surface area contributed by atoms with Gasteiger partial charge in [-0.2, -0.15) is 5.10 Å². The molecule has 0 saturated carbocycles. The molecule has 2 aromatic carbocycles. The average molecular weight is 484 g/mol. The van der Waals surface area contributed by atoms with Crippen LogP contribution < -0.4 is 19.6 Å². The number of carbonyl (C=O) groups is 1. The molecule has 1 N–H and O–H groups in total. The van der Waals surface area contributed by atoms with Crippen LogP contribution in [0.2, 0.25) is 5.02 Å². The van der Waals surface area contributed by atoms with Gasteiger partial charge in [-0.25, -0.2) is 5.43 Å². The summed E-state index contributed by atoms with van der Waals surface area (Å²) in [6, 6.07) is 8.82. The van der Waals surface area contributed by atoms with Crippen molar-refractivity contribution < 1.29 is 19.0 Å². The van der Waals surface area contributed by atoms with Gasteiger partial charge in [0.25, 0.3) is 5.91 Å². The zero-order chi connectivity index (χ0) is 21.6. The predicted octanol–water partition coefficient (Wildman–Crippen LogP) is 5.13. The second kappa shape index (κ2) is 9.98. The normalized spacial score (nSPS) is 11.4. The first kappa shape index (κ1) is 23.0. The van der Waals surface area contributed by atoms with E-state index in [0.717, 1.165) is 15.6 Å². The van der Waals surface area contributed by atoms with E-state index >= 15 is 0 Å². The highest BCUT2D eigenvalue weighted by molar-refractivity contribution is 9.10. The minimum absolute atomic E-state index is 0.390. The number of carbonyl (C=O) groups excluding carboxylic acids is 1. The monoisotopic (exact) mass is 482 g/mol. The molecule has 0 aromatic heterocycles. The van der Waals surface area contributed by atoms with Gasteiger partial charge in [-0.05, 0) is 85.1 Å². The molecule has 0 atom stereocenters. The minimum atomic E-state index is -1.13. The van der Waals surface area contributed by atoms with Crippen molar-refractivity contribution in [1.29, 1.82) is 0 Å². The van der Waals surface area contributed by atoms with Crippen molar-refractivity contribution in [1.82, 2.24) is 5.43 Å². The van der Waals surface area contributed by atoms with Crippen LogP contribution in [-0.2, 0) is 4.79 Å². The van der Waals surface area contributed by atoms with Crippen molar-refractivity contribution >= 4 is 39.7 Å². The molecule has 0 saturated heterocycles. The molecular weight excluding hydrogens is 460 g/mol. The second-order valence-electron chi connectivity index (χ2n) is 6.69. The molecule has 0 bridgehead atoms. The largest absolute Gasteiger partial charge is 0.493 e. The van der Waals surface area contributed by atoms with Gasteiger partial charge in [0.2, 0.25) is 0 Å². The zero-order valence-corrected chi connectivity index (χ0v) is 19.3. The van der Waals surface area contributed by atoms with Crippen molar-refractivity contribution in [3.8, 4) is 17.2 Å². The summed E-state index contributed by atoms with van der Waals surface area (Å²) in [6.45, 7) is 7.61. The summed E-state index contributed by atoms with van der Waals surface area (Å²) in [5.74, 6) is 1.34. The highest BCUT2D eigenvalue weighted by atomic mass is 79.9. The summed E-state index contributed by atoms with van der Waals surface area (Å²) in [6.07, 6.45) is 1.52. The molecule has 2 rings (SSSR count). The fraction of sp³-hybridized carbons (Fsp3) is 0.333. The number of halogens is 2. The molecular formula is C21H24BrClN2O4. The highest BCUT2D eigenvalue weighted by Gasteiger charge is 2.30. The number of amides is 1. The van der Waals surface area contributed by atoms with Gasteiger partial charge in [0.05, 0.1) is 24.4 Å². The Morgan fingerprint density at radius 3 is 2.66 bits per heavy atom. The summed E-state index contributed by atoms with van der Waals surface area (Å²) >= 11 is 9.48. The quantitative estimate of drug-likeness (QED) is 0.418. The third-order valence-corrected chi connectivity index (χ3v) is 4.98. The third kappa shape index (κ3) is 6.11. The van der Waals surface area contributed by atoms with Gasteiger partial charge in [0.1, 0.15) is 5.75 Å². The Balaban J connectivity index is 2.07. The van der Waals surface area contributed by atoms with Crippen LogP contribution in [-0.4, -0.2) is 31.4 Å². The summed E-state index contributed by atoms with van der Waals surface area (Å²) in [4.78, 5) is 12.5. The predicted molar refractivity (Wildman–Crippen MR) is 118 cm³/mol. The Labute approximate surface area is 184 Å². The van der Waals surface area contributed by atoms with Crippen LogP contribution in [0.4, 0.5) is 0 Å². The van der Waals surface area contributed by atoms with E-state index in [1.165, 1.54) is 6.21 Å². The number of ether oxygens (including phenoxy) is 3. The van der Waals surface area contributed by atoms with Crippen LogP contribution in [0, 0.1) is 6.92 Å². The van der Waals surface area contributed by atoms with E-state index in [1.54, 1.807) is 45.2 Å². The molecule has 8 heteroatoms. The zero-order valence-electron chi connectivity index (χ0n) is 17.0. The Kier molecular flexibility index (Phi) is 7.93. The first-order chi connectivity index (χ1) is 13.7. The van der Waals surface area contributed by atoms with Crippen LogP contribution >= 0.6 is 27.5 Å². The molecule has 0 aliphatic carbocycles. The molecule has 1 amide bonds. The second-order valence-corrected chi connectivity index (χ2v) is 7.95. The van der Waals surface area contributed by atoms with Crippen molar-refractivity contribution in [2.45, 2.75) is 33.3 Å². The van der Waals surface area contributed by atoms with Gasteiger partial charge in [-0.3, -0.25) is 4.79 Å². The smallest absolute Gasteiger partial charge is 0.283 e. The molecule has 0 radical (unpaired) electrons. The Bertz CT molecular complexity index is 916. The van der Waals surface area contributed by atoms with E-state index in [-0.39, 0.29) is 0 Å². The molecule has 156 valence electrons. The number of benzene rings is 2. The van der Waals surface area contributed by atoms with Gasteiger partial charge in [0.15, 0.2) is 17.1 Å². The summed E-state index contributed by atoms with van der Waals surface area (Å²) < 4.78 is 17.5. The third-order valence-electron chi connectivity index (χ3n) is 3.97. The van der Waals surface area contributed by atoms with Gasteiger partial charge in [-0.15, -0.1) is 0 Å². The molecule has 0 unspecified atom stereocenters. The Morgan fingerprint density at radius 1 is 1.31 bits per heavy atom. The van der Waals surface area contributed by atoms with Crippen LogP contribution in [0.5, 0.6) is 17.2 Å². The van der Waals surface area contributed by atoms with Crippen LogP contribution in [0.25, 0.3) is 0 Å². The number of nitrogens with one attached hydrogen (secondary N) is 1. The maximum absolute atomic E-state index is 12.5. The molecule has 0 fully saturated rings. The SMILES string of the molecule is CCOc1c(Br)cc(/C=N\NC(=O)C(C)(C)Oc2ccc(Cl)c(C)c2)cc1OC. The topological polar surface area (TPSA) is 69.2 Å². The molecule has 0 aliphatic heterocycles. The van der Waals surface area contributed by atoms with Crippen molar-refractivity contribution in [2.24, 2.45) is 5.10 Å². The molecule has 0 aliphatic rings. The van der Waals surface area contributed by atoms with Crippen LogP contribution in [0.15, 0.2) is 39.9 Å². The number of hydrogen-bond donors (Lipinski definition) is 1. The molecule has 0 heterocycles. The molecule has 29 heavy (non-hydrogen) atoms. The Hall–Kier alpha value is -2.25. The number of aryl methyl sites for hydroxylation is 1. The van der Waals surface area contributed by atoms with Crippen LogP contribution in [0.3, 0.4) is 0 Å². The number of hydrazone groups is 1. The van der Waals surface area contributed by atoms with Gasteiger partial charge in [-0.1, -0.05) is 11.6 Å². The molecule has 6 nitrogen and oxygen atoms in total. The molecule has 0 spiro atoms. The van der Waals surface area contributed by atoms with E-state index in [1.807, 2.05) is 19.9 Å². The standard InChI is InChI=1S/C21H24BrClN2O4/c1-6-28-19-16(22)10-14(11-18(19)27-5)12-24-25-20(26)21(3,4)29-15-7-8-17(23)13(2)9-15/h7-12H,6H2,1-5H3,(H,25,26)/b24-12-. The summed E-state index contributed by atoms with van der Waals surface area (Å²) in [7, 11) is 1.56. The van der Waals surface area contributed by atoms with E-state index in [0.29, 0.717) is 28.9 Å². The first-order valence-electron chi connectivity index (χ1n) is 8.97. The fourth-order valence-electron chi connectivity index (χ4n) is 2.42. The Morgan fingerprint density at radius 2 is 2.03 bits per heavy atom. The van der Waals surface area contributed by atoms with E-state index in [4.69, 9.17) is 25.8 Å². The van der Waals surface area contributed by atoms with Crippen molar-refractivity contribution in [2.75, 3.05) is 13.7 Å². The minimum Gasteiger partial charge on any atom is -0.493 e. The number of nitrogens with zero attached hydrogens (tertiary/aromatic N) is 1. The van der Waals surface area contributed by atoms with Gasteiger partial charge >= 0.3 is 0 Å². The lowest BCUT2D eigenvalue weighted by Gasteiger charge is -2.24. The van der Waals surface area contributed by atoms with E-state index in [2.05, 4.69) is 26.5 Å². The number of methoxy groups -OCH3 is 1.